The molecule has 3 aromatic carbocycles. The highest BCUT2D eigenvalue weighted by Gasteiger charge is 2.17. The van der Waals surface area contributed by atoms with E-state index < -0.39 is 17.7 Å². The van der Waals surface area contributed by atoms with Crippen LogP contribution in [0.1, 0.15) is 24.8 Å². The summed E-state index contributed by atoms with van der Waals surface area (Å²) in [6, 6.07) is 11.7. The Hall–Kier alpha value is -4.48. The van der Waals surface area contributed by atoms with Crippen molar-refractivity contribution in [2.45, 2.75) is 19.3 Å². The molecule has 1 aromatic heterocycles. The van der Waals surface area contributed by atoms with Crippen LogP contribution in [0.5, 0.6) is 23.0 Å². The Kier molecular flexibility index (Phi) is 9.53. The van der Waals surface area contributed by atoms with Gasteiger partial charge in [-0.15, -0.1) is 0 Å². The van der Waals surface area contributed by atoms with Gasteiger partial charge in [0.15, 0.2) is 23.1 Å². The SMILES string of the molecule is COc1cc2c(Oc3ccc(N(N=Cc4ccc(F)cc4Cl)C(N)=O)cc3F)ccnc2cc1OCCCN1CCCC1. The number of hydrogen-bond acceptors (Lipinski definition) is 7. The first-order valence-electron chi connectivity index (χ1n) is 13.7. The average Bonchev–Trinajstić information content (AvgIpc) is 3.51. The number of carbonyl (C=O) groups excluding carboxylic acids is 1. The van der Waals surface area contributed by atoms with Crippen molar-refractivity contribution in [1.82, 2.24) is 9.88 Å². The van der Waals surface area contributed by atoms with Crippen LogP contribution in [0.4, 0.5) is 19.3 Å². The molecule has 0 bridgehead atoms. The summed E-state index contributed by atoms with van der Waals surface area (Å²) in [6.45, 7) is 3.80. The van der Waals surface area contributed by atoms with Crippen LogP contribution in [0.2, 0.25) is 5.02 Å². The van der Waals surface area contributed by atoms with E-state index in [0.29, 0.717) is 40.3 Å². The number of hydrazone groups is 1. The molecule has 1 fully saturated rings. The standard InChI is InChI=1S/C31H30ClF2N5O4/c1-41-29-17-23-26(18-30(29)42-14-4-13-38-11-2-3-12-38)36-10-9-27(23)43-28-8-7-22(16-25(28)34)39(31(35)40)37-19-20-5-6-21(33)15-24(20)32/h5-10,15-19H,2-4,11-14H2,1H3,(H2,35,40). The molecule has 0 atom stereocenters. The van der Waals surface area contributed by atoms with E-state index in [0.717, 1.165) is 43.2 Å². The van der Waals surface area contributed by atoms with Crippen LogP contribution in [-0.2, 0) is 0 Å². The zero-order chi connectivity index (χ0) is 30.3. The summed E-state index contributed by atoms with van der Waals surface area (Å²) >= 11 is 6.02. The quantitative estimate of drug-likeness (QED) is 0.115. The van der Waals surface area contributed by atoms with Gasteiger partial charge in [-0.05, 0) is 74.8 Å². The number of ether oxygens (including phenoxy) is 3. The zero-order valence-corrected chi connectivity index (χ0v) is 24.2. The minimum Gasteiger partial charge on any atom is -0.493 e. The van der Waals surface area contributed by atoms with Crippen LogP contribution in [0.3, 0.4) is 0 Å². The maximum Gasteiger partial charge on any atom is 0.340 e. The second-order valence-electron chi connectivity index (χ2n) is 9.86. The van der Waals surface area contributed by atoms with Crippen LogP contribution in [0, 0.1) is 11.6 Å². The number of likely N-dealkylation sites (tertiary alicyclic amines) is 1. The number of aromatic nitrogens is 1. The Bertz CT molecular complexity index is 1650. The maximum absolute atomic E-state index is 15.2. The number of pyridine rings is 1. The topological polar surface area (TPSA) is 103 Å². The molecular weight excluding hydrogens is 580 g/mol. The van der Waals surface area contributed by atoms with E-state index in [1.807, 2.05) is 0 Å². The number of halogens is 3. The zero-order valence-electron chi connectivity index (χ0n) is 23.4. The molecule has 0 saturated carbocycles. The number of urea groups is 1. The van der Waals surface area contributed by atoms with Crippen LogP contribution in [-0.4, -0.2) is 55.5 Å². The highest BCUT2D eigenvalue weighted by Crippen LogP contribution is 2.38. The monoisotopic (exact) mass is 609 g/mol. The summed E-state index contributed by atoms with van der Waals surface area (Å²) in [7, 11) is 1.55. The first-order valence-corrected chi connectivity index (χ1v) is 14.1. The molecule has 2 amide bonds. The number of anilines is 1. The van der Waals surface area contributed by atoms with Crippen molar-refractivity contribution >= 4 is 40.4 Å². The van der Waals surface area contributed by atoms with Gasteiger partial charge in [0, 0.05) is 35.8 Å². The fourth-order valence-corrected chi connectivity index (χ4v) is 4.98. The number of amides is 2. The van der Waals surface area contributed by atoms with Gasteiger partial charge in [-0.25, -0.2) is 13.6 Å². The smallest absolute Gasteiger partial charge is 0.340 e. The number of nitrogens with zero attached hydrogens (tertiary/aromatic N) is 4. The number of fused-ring (bicyclic) bond motifs is 1. The molecule has 9 nitrogen and oxygen atoms in total. The number of nitrogens with two attached hydrogens (primary N) is 1. The number of methoxy groups -OCH3 is 1. The molecule has 43 heavy (non-hydrogen) atoms. The molecule has 2 N–H and O–H groups in total. The molecule has 1 aliphatic rings. The van der Waals surface area contributed by atoms with E-state index in [1.165, 1.54) is 43.3 Å². The third-order valence-electron chi connectivity index (χ3n) is 6.93. The largest absolute Gasteiger partial charge is 0.493 e. The lowest BCUT2D eigenvalue weighted by molar-refractivity contribution is 0.254. The first-order chi connectivity index (χ1) is 20.8. The summed E-state index contributed by atoms with van der Waals surface area (Å²) in [5.41, 5.74) is 6.43. The summed E-state index contributed by atoms with van der Waals surface area (Å²) in [4.78, 5) is 18.9. The molecular formula is C31H30ClF2N5O4. The fraction of sp³-hybridized carbons (Fsp3) is 0.258. The Labute approximate surface area is 252 Å². The highest BCUT2D eigenvalue weighted by molar-refractivity contribution is 6.33. The molecule has 0 unspecified atom stereocenters. The van der Waals surface area contributed by atoms with Crippen LogP contribution in [0.25, 0.3) is 10.9 Å². The van der Waals surface area contributed by atoms with Gasteiger partial charge in [-0.1, -0.05) is 11.6 Å². The van der Waals surface area contributed by atoms with E-state index in [4.69, 9.17) is 31.5 Å². The third-order valence-corrected chi connectivity index (χ3v) is 7.25. The molecule has 2 heterocycles. The van der Waals surface area contributed by atoms with Crippen LogP contribution < -0.4 is 25.0 Å². The van der Waals surface area contributed by atoms with Gasteiger partial charge in [0.2, 0.25) is 0 Å². The van der Waals surface area contributed by atoms with Crippen molar-refractivity contribution in [1.29, 1.82) is 0 Å². The molecule has 0 aliphatic carbocycles. The molecule has 12 heteroatoms. The Balaban J connectivity index is 1.33. The second kappa shape index (κ2) is 13.7. The van der Waals surface area contributed by atoms with Gasteiger partial charge in [0.05, 0.1) is 36.2 Å². The molecule has 1 saturated heterocycles. The van der Waals surface area contributed by atoms with Crippen molar-refractivity contribution < 1.29 is 27.8 Å². The van der Waals surface area contributed by atoms with Crippen LogP contribution >= 0.6 is 11.6 Å². The lowest BCUT2D eigenvalue weighted by Crippen LogP contribution is -2.31. The Morgan fingerprint density at radius 1 is 1.07 bits per heavy atom. The first kappa shape index (κ1) is 30.0. The van der Waals surface area contributed by atoms with Gasteiger partial charge in [0.25, 0.3) is 0 Å². The van der Waals surface area contributed by atoms with Crippen molar-refractivity contribution in [2.24, 2.45) is 10.8 Å². The summed E-state index contributed by atoms with van der Waals surface area (Å²) < 4.78 is 46.1. The van der Waals surface area contributed by atoms with E-state index in [2.05, 4.69) is 15.0 Å². The molecule has 0 spiro atoms. The fourth-order valence-electron chi connectivity index (χ4n) is 4.77. The molecule has 1 aliphatic heterocycles. The number of carbonyl (C=O) groups is 1. The summed E-state index contributed by atoms with van der Waals surface area (Å²) in [5.74, 6) is 0.000533. The summed E-state index contributed by atoms with van der Waals surface area (Å²) in [5, 5.41) is 5.46. The van der Waals surface area contributed by atoms with E-state index in [9.17, 15) is 9.18 Å². The summed E-state index contributed by atoms with van der Waals surface area (Å²) in [6.07, 6.45) is 6.16. The Morgan fingerprint density at radius 2 is 1.88 bits per heavy atom. The predicted octanol–water partition coefficient (Wildman–Crippen LogP) is 6.75. The minimum atomic E-state index is -0.969. The molecule has 0 radical (unpaired) electrons. The number of rotatable bonds is 11. The van der Waals surface area contributed by atoms with E-state index >= 15 is 4.39 Å². The average molecular weight is 610 g/mol. The van der Waals surface area contributed by atoms with Crippen molar-refractivity contribution in [3.63, 3.8) is 0 Å². The Morgan fingerprint density at radius 3 is 2.60 bits per heavy atom. The van der Waals surface area contributed by atoms with Gasteiger partial charge in [0.1, 0.15) is 11.6 Å². The maximum atomic E-state index is 15.2. The number of benzene rings is 3. The van der Waals surface area contributed by atoms with Gasteiger partial charge in [-0.2, -0.15) is 10.1 Å². The molecule has 5 rings (SSSR count). The predicted molar refractivity (Wildman–Crippen MR) is 162 cm³/mol. The molecule has 4 aromatic rings. The van der Waals surface area contributed by atoms with Crippen LogP contribution in [0.15, 0.2) is 65.9 Å². The normalized spacial score (nSPS) is 13.5. The van der Waals surface area contributed by atoms with Gasteiger partial charge in [-0.3, -0.25) is 4.98 Å². The number of primary amides is 1. The second-order valence-corrected chi connectivity index (χ2v) is 10.3. The number of hydrogen-bond donors (Lipinski definition) is 1. The minimum absolute atomic E-state index is 0.0413. The van der Waals surface area contributed by atoms with Crippen molar-refractivity contribution in [3.05, 3.63) is 83.0 Å². The third kappa shape index (κ3) is 7.30. The lowest BCUT2D eigenvalue weighted by atomic mass is 10.1. The molecule has 224 valence electrons. The van der Waals surface area contributed by atoms with E-state index in [-0.39, 0.29) is 16.5 Å². The van der Waals surface area contributed by atoms with E-state index in [1.54, 1.807) is 31.5 Å². The van der Waals surface area contributed by atoms with Gasteiger partial charge < -0.3 is 24.8 Å². The van der Waals surface area contributed by atoms with Crippen molar-refractivity contribution in [3.8, 4) is 23.0 Å². The van der Waals surface area contributed by atoms with Gasteiger partial charge >= 0.3 is 6.03 Å². The van der Waals surface area contributed by atoms with Crippen molar-refractivity contribution in [2.75, 3.05) is 38.4 Å². The highest BCUT2D eigenvalue weighted by atomic mass is 35.5. The lowest BCUT2D eigenvalue weighted by Gasteiger charge is -2.17.